The van der Waals surface area contributed by atoms with Crippen LogP contribution in [0.15, 0.2) is 54.9 Å². The maximum absolute atomic E-state index is 13.6. The number of carbonyl (C=O) groups excluding carboxylic acids is 1. The monoisotopic (exact) mass is 508 g/mol. The average molecular weight is 509 g/mol. The number of amides is 1. The van der Waals surface area contributed by atoms with Crippen molar-refractivity contribution in [1.82, 2.24) is 29.5 Å². The van der Waals surface area contributed by atoms with Crippen LogP contribution in [0.1, 0.15) is 16.8 Å². The second-order valence-corrected chi connectivity index (χ2v) is 9.45. The van der Waals surface area contributed by atoms with Crippen molar-refractivity contribution in [2.75, 3.05) is 27.2 Å². The quantitative estimate of drug-likeness (QED) is 0.390. The first-order valence-electron chi connectivity index (χ1n) is 11.9. The van der Waals surface area contributed by atoms with Crippen molar-refractivity contribution in [2.45, 2.75) is 26.2 Å². The molecule has 0 radical (unpaired) electrons. The van der Waals surface area contributed by atoms with E-state index in [0.29, 0.717) is 48.6 Å². The molecule has 1 aliphatic heterocycles. The van der Waals surface area contributed by atoms with E-state index in [2.05, 4.69) is 9.97 Å². The Morgan fingerprint density at radius 3 is 2.78 bits per heavy atom. The van der Waals surface area contributed by atoms with Crippen molar-refractivity contribution in [3.63, 3.8) is 0 Å². The molecule has 1 aliphatic rings. The van der Waals surface area contributed by atoms with Gasteiger partial charge in [0.1, 0.15) is 11.3 Å². The number of aromatic nitrogens is 4. The number of rotatable bonds is 5. The Morgan fingerprint density at radius 2 is 2.03 bits per heavy atom. The number of nitrogens with one attached hydrogen (secondary N) is 1. The fraction of sp³-hybridized carbons (Fsp3) is 0.296. The molecule has 4 aromatic rings. The Morgan fingerprint density at radius 1 is 1.22 bits per heavy atom. The number of halogens is 3. The molecule has 0 bridgehead atoms. The first kappa shape index (κ1) is 24.8. The largest absolute Gasteiger partial charge is 0.416 e. The van der Waals surface area contributed by atoms with E-state index in [1.165, 1.54) is 6.07 Å². The van der Waals surface area contributed by atoms with Crippen molar-refractivity contribution in [3.05, 3.63) is 71.7 Å². The van der Waals surface area contributed by atoms with Crippen LogP contribution in [0.25, 0.3) is 33.4 Å². The maximum Gasteiger partial charge on any atom is 0.416 e. The molecule has 192 valence electrons. The smallest absolute Gasteiger partial charge is 0.346 e. The van der Waals surface area contributed by atoms with E-state index in [9.17, 15) is 18.0 Å². The van der Waals surface area contributed by atoms with Gasteiger partial charge in [0.05, 0.1) is 24.3 Å². The highest BCUT2D eigenvalue weighted by Crippen LogP contribution is 2.41. The molecule has 0 saturated carbocycles. The summed E-state index contributed by atoms with van der Waals surface area (Å²) in [5.41, 5.74) is 4.03. The summed E-state index contributed by atoms with van der Waals surface area (Å²) in [6.45, 7) is 3.78. The molecule has 0 fully saturated rings. The van der Waals surface area contributed by atoms with Crippen LogP contribution in [0.5, 0.6) is 0 Å². The van der Waals surface area contributed by atoms with Gasteiger partial charge in [-0.15, -0.1) is 0 Å². The Balaban J connectivity index is 1.66. The predicted molar refractivity (Wildman–Crippen MR) is 136 cm³/mol. The molecule has 0 atom stereocenters. The lowest BCUT2D eigenvalue weighted by molar-refractivity contribution is -0.137. The zero-order valence-corrected chi connectivity index (χ0v) is 20.8. The Bertz CT molecular complexity index is 1500. The number of carbonyl (C=O) groups is 1. The summed E-state index contributed by atoms with van der Waals surface area (Å²) in [6.07, 6.45) is 2.44. The third-order valence-electron chi connectivity index (χ3n) is 6.53. The van der Waals surface area contributed by atoms with Crippen LogP contribution in [-0.2, 0) is 24.1 Å². The van der Waals surface area contributed by atoms with Gasteiger partial charge in [-0.3, -0.25) is 9.48 Å². The zero-order valence-electron chi connectivity index (χ0n) is 20.8. The molecule has 5 rings (SSSR count). The highest BCUT2D eigenvalue weighted by molar-refractivity contribution is 6.00. The first-order valence-corrected chi connectivity index (χ1v) is 11.9. The summed E-state index contributed by atoms with van der Waals surface area (Å²) in [6, 6.07) is 7.08. The normalized spacial score (nSPS) is 14.2. The number of aryl methyl sites for hydroxylation is 1. The molecular formula is C27H27F3N6O. The molecule has 1 N–H and O–H groups in total. The number of pyridine rings is 1. The van der Waals surface area contributed by atoms with Gasteiger partial charge in [-0.05, 0) is 50.3 Å². The van der Waals surface area contributed by atoms with Gasteiger partial charge in [-0.1, -0.05) is 18.2 Å². The minimum atomic E-state index is -4.47. The Hall–Kier alpha value is -3.92. The number of nitrogens with zero attached hydrogens (tertiary/aromatic N) is 5. The van der Waals surface area contributed by atoms with Crippen molar-refractivity contribution in [2.24, 2.45) is 0 Å². The molecular weight excluding hydrogens is 481 g/mol. The molecule has 10 heteroatoms. The summed E-state index contributed by atoms with van der Waals surface area (Å²) >= 11 is 0. The van der Waals surface area contributed by atoms with Crippen LogP contribution in [-0.4, -0.2) is 62.6 Å². The van der Waals surface area contributed by atoms with Gasteiger partial charge in [0.15, 0.2) is 0 Å². The summed E-state index contributed by atoms with van der Waals surface area (Å²) in [4.78, 5) is 24.2. The van der Waals surface area contributed by atoms with E-state index in [4.69, 9.17) is 5.10 Å². The summed E-state index contributed by atoms with van der Waals surface area (Å²) in [5.74, 6) is -0.112. The fourth-order valence-corrected chi connectivity index (χ4v) is 4.73. The lowest BCUT2D eigenvalue weighted by Gasteiger charge is -2.27. The van der Waals surface area contributed by atoms with E-state index >= 15 is 0 Å². The lowest BCUT2D eigenvalue weighted by Crippen LogP contribution is -2.37. The van der Waals surface area contributed by atoms with E-state index < -0.39 is 11.7 Å². The van der Waals surface area contributed by atoms with Crippen molar-refractivity contribution < 1.29 is 18.0 Å². The number of hydrogen-bond acceptors (Lipinski definition) is 4. The molecule has 0 unspecified atom stereocenters. The van der Waals surface area contributed by atoms with Gasteiger partial charge < -0.3 is 14.8 Å². The van der Waals surface area contributed by atoms with E-state index in [-0.39, 0.29) is 5.91 Å². The molecule has 1 amide bonds. The third kappa shape index (κ3) is 4.76. The zero-order chi connectivity index (χ0) is 26.3. The van der Waals surface area contributed by atoms with Crippen LogP contribution in [0.2, 0.25) is 0 Å². The SMILES string of the molecule is Cc1c[nH]c2nccc(-c3c(-c4cccc(C(F)(F)F)c4)nn4c3CN(C(=O)/C=C/CN(C)C)CC4)c12. The van der Waals surface area contributed by atoms with Crippen LogP contribution >= 0.6 is 0 Å². The first-order chi connectivity index (χ1) is 17.6. The highest BCUT2D eigenvalue weighted by Gasteiger charge is 2.32. The van der Waals surface area contributed by atoms with Gasteiger partial charge in [-0.2, -0.15) is 18.3 Å². The summed E-state index contributed by atoms with van der Waals surface area (Å²) in [5, 5.41) is 5.65. The molecule has 0 aliphatic carbocycles. The number of fused-ring (bicyclic) bond motifs is 2. The van der Waals surface area contributed by atoms with E-state index in [0.717, 1.165) is 34.3 Å². The van der Waals surface area contributed by atoms with Crippen molar-refractivity contribution in [3.8, 4) is 22.4 Å². The van der Waals surface area contributed by atoms with Crippen molar-refractivity contribution >= 4 is 16.9 Å². The molecule has 3 aromatic heterocycles. The molecule has 1 aromatic carbocycles. The van der Waals surface area contributed by atoms with Crippen LogP contribution < -0.4 is 0 Å². The lowest BCUT2D eigenvalue weighted by atomic mass is 9.95. The Kier molecular flexibility index (Phi) is 6.36. The molecule has 0 spiro atoms. The fourth-order valence-electron chi connectivity index (χ4n) is 4.73. The predicted octanol–water partition coefficient (Wildman–Crippen LogP) is 4.88. The van der Waals surface area contributed by atoms with Gasteiger partial charge in [0.2, 0.25) is 5.91 Å². The van der Waals surface area contributed by atoms with E-state index in [1.54, 1.807) is 23.2 Å². The van der Waals surface area contributed by atoms with Crippen LogP contribution in [0.3, 0.4) is 0 Å². The van der Waals surface area contributed by atoms with Gasteiger partial charge in [0, 0.05) is 48.1 Å². The summed E-state index contributed by atoms with van der Waals surface area (Å²) in [7, 11) is 3.85. The molecule has 37 heavy (non-hydrogen) atoms. The number of hydrogen-bond donors (Lipinski definition) is 1. The third-order valence-corrected chi connectivity index (χ3v) is 6.53. The number of H-pyrrole nitrogens is 1. The summed E-state index contributed by atoms with van der Waals surface area (Å²) < 4.78 is 42.5. The van der Waals surface area contributed by atoms with E-state index in [1.807, 2.05) is 48.9 Å². The van der Waals surface area contributed by atoms with Crippen LogP contribution in [0, 0.1) is 6.92 Å². The standard InChI is InChI=1S/C27H27F3N6O/c1-17-15-32-26-23(17)20(9-10-31-26)24-21-16-35(22(37)8-5-11-34(2)3)12-13-36(21)33-25(24)18-6-4-7-19(14-18)27(28,29)30/h4-10,14-15H,11-13,16H2,1-3H3,(H,31,32)/b8-5+. The maximum atomic E-state index is 13.6. The number of likely N-dealkylation sites (N-methyl/N-ethyl adjacent to an activating group) is 1. The topological polar surface area (TPSA) is 70.0 Å². The number of benzene rings is 1. The highest BCUT2D eigenvalue weighted by atomic mass is 19.4. The minimum Gasteiger partial charge on any atom is -0.346 e. The van der Waals surface area contributed by atoms with Crippen molar-refractivity contribution in [1.29, 1.82) is 0 Å². The number of alkyl halides is 3. The molecule has 7 nitrogen and oxygen atoms in total. The second-order valence-electron chi connectivity index (χ2n) is 9.45. The Labute approximate surface area is 212 Å². The van der Waals surface area contributed by atoms with Gasteiger partial charge in [-0.25, -0.2) is 4.98 Å². The number of aromatic amines is 1. The van der Waals surface area contributed by atoms with Gasteiger partial charge >= 0.3 is 6.18 Å². The molecule has 4 heterocycles. The minimum absolute atomic E-state index is 0.112. The molecule has 0 saturated heterocycles. The second kappa shape index (κ2) is 9.51. The van der Waals surface area contributed by atoms with Gasteiger partial charge in [0.25, 0.3) is 0 Å². The average Bonchev–Trinajstić information content (AvgIpc) is 3.43. The van der Waals surface area contributed by atoms with Crippen LogP contribution in [0.4, 0.5) is 13.2 Å².